The minimum Gasteiger partial charge on any atom is -0.481 e. The van der Waals surface area contributed by atoms with E-state index >= 15 is 0 Å². The molecule has 0 aliphatic rings. The topological polar surface area (TPSA) is 87.5 Å². The van der Waals surface area contributed by atoms with Crippen LogP contribution in [0.15, 0.2) is 30.6 Å². The molecule has 0 unspecified atom stereocenters. The predicted molar refractivity (Wildman–Crippen MR) is 65.7 cm³/mol. The SMILES string of the molecule is CC(=O)O.CO.CS(C)=O.c1ccncc1. The van der Waals surface area contributed by atoms with Crippen molar-refractivity contribution in [2.75, 3.05) is 19.6 Å². The number of carbonyl (C=O) groups is 1. The van der Waals surface area contributed by atoms with Crippen molar-refractivity contribution < 1.29 is 19.2 Å². The van der Waals surface area contributed by atoms with Gasteiger partial charge in [-0.15, -0.1) is 0 Å². The first-order valence-corrected chi connectivity index (χ1v) is 6.17. The largest absolute Gasteiger partial charge is 0.481 e. The van der Waals surface area contributed by atoms with Crippen LogP contribution in [0.3, 0.4) is 0 Å². The molecule has 2 N–H and O–H groups in total. The fraction of sp³-hybridized carbons (Fsp3) is 0.400. The van der Waals surface area contributed by atoms with Gasteiger partial charge in [0.1, 0.15) is 0 Å². The zero-order valence-electron chi connectivity index (χ0n) is 9.95. The summed E-state index contributed by atoms with van der Waals surface area (Å²) in [6, 6.07) is 5.72. The molecule has 0 saturated carbocycles. The van der Waals surface area contributed by atoms with Gasteiger partial charge in [-0.1, -0.05) is 6.07 Å². The molecule has 0 amide bonds. The van der Waals surface area contributed by atoms with Crippen molar-refractivity contribution in [1.29, 1.82) is 0 Å². The fourth-order valence-electron chi connectivity index (χ4n) is 0.313. The third kappa shape index (κ3) is 78.3. The summed E-state index contributed by atoms with van der Waals surface area (Å²) in [6.45, 7) is 1.08. The number of nitrogens with zero attached hydrogens (tertiary/aromatic N) is 1. The van der Waals surface area contributed by atoms with Crippen LogP contribution in [-0.2, 0) is 15.6 Å². The number of hydrogen-bond acceptors (Lipinski definition) is 4. The maximum absolute atomic E-state index is 9.56. The first-order valence-electron chi connectivity index (χ1n) is 4.21. The Labute approximate surface area is 98.6 Å². The third-order valence-corrected chi connectivity index (χ3v) is 0.566. The summed E-state index contributed by atoms with van der Waals surface area (Å²) >= 11 is 0. The van der Waals surface area contributed by atoms with Crippen molar-refractivity contribution in [1.82, 2.24) is 4.98 Å². The van der Waals surface area contributed by atoms with E-state index in [0.29, 0.717) is 0 Å². The van der Waals surface area contributed by atoms with Gasteiger partial charge in [0.15, 0.2) is 0 Å². The van der Waals surface area contributed by atoms with Gasteiger partial charge < -0.3 is 10.2 Å². The van der Waals surface area contributed by atoms with Crippen LogP contribution in [0.5, 0.6) is 0 Å². The summed E-state index contributed by atoms with van der Waals surface area (Å²) in [6.07, 6.45) is 6.78. The van der Waals surface area contributed by atoms with E-state index in [-0.39, 0.29) is 0 Å². The number of aliphatic carboxylic acids is 1. The Balaban J connectivity index is -0.000000152. The van der Waals surface area contributed by atoms with Gasteiger partial charge >= 0.3 is 0 Å². The standard InChI is InChI=1S/C5H5N.C2H4O2.C2H6OS.CH4O/c1-2-4-6-5-3-1;1-2(3)4;1-4(2)3;1-2/h1-5H;1H3,(H,3,4);1-2H3;2H,1H3. The Bertz CT molecular complexity index is 208. The van der Waals surface area contributed by atoms with Crippen LogP contribution < -0.4 is 0 Å². The monoisotopic (exact) mass is 249 g/mol. The second-order valence-electron chi connectivity index (χ2n) is 2.29. The van der Waals surface area contributed by atoms with Crippen LogP contribution in [0.2, 0.25) is 0 Å². The highest BCUT2D eigenvalue weighted by Crippen LogP contribution is 1.73. The first kappa shape index (κ1) is 20.2. The average Bonchev–Trinajstić information content (AvgIpc) is 2.22. The molecule has 94 valence electrons. The smallest absolute Gasteiger partial charge is 0.300 e. The summed E-state index contributed by atoms with van der Waals surface area (Å²) < 4.78 is 9.56. The molecule has 1 aromatic rings. The van der Waals surface area contributed by atoms with E-state index in [1.54, 1.807) is 24.9 Å². The van der Waals surface area contributed by atoms with Crippen molar-refractivity contribution in [2.24, 2.45) is 0 Å². The van der Waals surface area contributed by atoms with E-state index in [9.17, 15) is 4.21 Å². The third-order valence-electron chi connectivity index (χ3n) is 0.566. The van der Waals surface area contributed by atoms with Gasteiger partial charge in [-0.2, -0.15) is 0 Å². The number of pyridine rings is 1. The van der Waals surface area contributed by atoms with Crippen molar-refractivity contribution in [2.45, 2.75) is 6.92 Å². The quantitative estimate of drug-likeness (QED) is 0.709. The van der Waals surface area contributed by atoms with Gasteiger partial charge in [0, 0.05) is 49.7 Å². The van der Waals surface area contributed by atoms with Crippen LogP contribution in [0.1, 0.15) is 6.92 Å². The Morgan fingerprint density at radius 2 is 1.38 bits per heavy atom. The van der Waals surface area contributed by atoms with E-state index in [1.807, 2.05) is 18.2 Å². The molecule has 0 atom stereocenters. The molecule has 1 aromatic heterocycles. The molecule has 0 fully saturated rings. The Morgan fingerprint density at radius 1 is 1.12 bits per heavy atom. The van der Waals surface area contributed by atoms with Crippen molar-refractivity contribution in [3.63, 3.8) is 0 Å². The summed E-state index contributed by atoms with van der Waals surface area (Å²) in [5.74, 6) is -0.833. The molecule has 6 heteroatoms. The maximum Gasteiger partial charge on any atom is 0.300 e. The minimum absolute atomic E-state index is 0.611. The molecule has 1 heterocycles. The van der Waals surface area contributed by atoms with E-state index in [4.69, 9.17) is 15.0 Å². The van der Waals surface area contributed by atoms with Gasteiger partial charge in [-0.25, -0.2) is 0 Å². The molecule has 5 nitrogen and oxygen atoms in total. The zero-order chi connectivity index (χ0) is 13.4. The number of aromatic nitrogens is 1. The van der Waals surface area contributed by atoms with E-state index in [0.717, 1.165) is 14.0 Å². The number of aliphatic hydroxyl groups is 1. The highest BCUT2D eigenvalue weighted by atomic mass is 32.2. The maximum atomic E-state index is 9.56. The molecule has 0 bridgehead atoms. The van der Waals surface area contributed by atoms with Crippen molar-refractivity contribution in [3.05, 3.63) is 30.6 Å². The highest BCUT2D eigenvalue weighted by Gasteiger charge is 1.65. The second kappa shape index (κ2) is 19.3. The number of hydrogen-bond donors (Lipinski definition) is 2. The van der Waals surface area contributed by atoms with Crippen LogP contribution in [-0.4, -0.2) is 45.0 Å². The lowest BCUT2D eigenvalue weighted by atomic mass is 10.5. The molecule has 0 aromatic carbocycles. The molecule has 0 spiro atoms. The van der Waals surface area contributed by atoms with Crippen LogP contribution in [0.25, 0.3) is 0 Å². The Kier molecular flexibility index (Phi) is 24.4. The van der Waals surface area contributed by atoms with Crippen LogP contribution in [0, 0.1) is 0 Å². The number of carboxylic acids is 1. The molecule has 0 radical (unpaired) electrons. The minimum atomic E-state index is -0.833. The molecular weight excluding hydrogens is 230 g/mol. The number of carboxylic acid groups (broad SMARTS) is 1. The first-order chi connectivity index (χ1) is 7.46. The van der Waals surface area contributed by atoms with Gasteiger partial charge in [-0.3, -0.25) is 14.0 Å². The van der Waals surface area contributed by atoms with Crippen LogP contribution in [0.4, 0.5) is 0 Å². The number of aliphatic hydroxyl groups excluding tert-OH is 1. The lowest BCUT2D eigenvalue weighted by Gasteiger charge is -1.70. The van der Waals surface area contributed by atoms with Crippen molar-refractivity contribution >= 4 is 16.8 Å². The fourth-order valence-corrected chi connectivity index (χ4v) is 0.313. The van der Waals surface area contributed by atoms with Gasteiger partial charge in [0.25, 0.3) is 5.97 Å². The summed E-state index contributed by atoms with van der Waals surface area (Å²) in [5, 5.41) is 14.4. The Morgan fingerprint density at radius 3 is 1.44 bits per heavy atom. The number of rotatable bonds is 0. The van der Waals surface area contributed by atoms with E-state index in [2.05, 4.69) is 4.98 Å². The van der Waals surface area contributed by atoms with E-state index < -0.39 is 16.8 Å². The van der Waals surface area contributed by atoms with Gasteiger partial charge in [0.2, 0.25) is 0 Å². The van der Waals surface area contributed by atoms with Gasteiger partial charge in [-0.05, 0) is 12.1 Å². The molecule has 16 heavy (non-hydrogen) atoms. The molecule has 0 saturated heterocycles. The highest BCUT2D eigenvalue weighted by molar-refractivity contribution is 7.83. The second-order valence-corrected chi connectivity index (χ2v) is 3.77. The lowest BCUT2D eigenvalue weighted by molar-refractivity contribution is -0.134. The molecule has 0 aliphatic heterocycles. The van der Waals surface area contributed by atoms with Gasteiger partial charge in [0.05, 0.1) is 0 Å². The summed E-state index contributed by atoms with van der Waals surface area (Å²) in [4.78, 5) is 12.8. The average molecular weight is 249 g/mol. The van der Waals surface area contributed by atoms with Crippen molar-refractivity contribution in [3.8, 4) is 0 Å². The molecule has 1 rings (SSSR count). The normalized spacial score (nSPS) is 7.12. The molecule has 0 aliphatic carbocycles. The van der Waals surface area contributed by atoms with Crippen LogP contribution >= 0.6 is 0 Å². The Hall–Kier alpha value is -1.27. The lowest BCUT2D eigenvalue weighted by Crippen LogP contribution is -1.78. The molecular formula is C10H19NO4S. The summed E-state index contributed by atoms with van der Waals surface area (Å²) in [7, 11) is 0.389. The zero-order valence-corrected chi connectivity index (χ0v) is 10.8. The summed E-state index contributed by atoms with van der Waals surface area (Å²) in [5.41, 5.74) is 0. The predicted octanol–water partition coefficient (Wildman–Crippen LogP) is 0.776. The van der Waals surface area contributed by atoms with E-state index in [1.165, 1.54) is 0 Å².